The van der Waals surface area contributed by atoms with Gasteiger partial charge in [0.15, 0.2) is 0 Å². The molecule has 3 aromatic rings. The van der Waals surface area contributed by atoms with E-state index in [9.17, 15) is 13.2 Å². The first-order valence-electron chi connectivity index (χ1n) is 12.3. The Kier molecular flexibility index (Phi) is 5.51. The van der Waals surface area contributed by atoms with Crippen LogP contribution in [0.1, 0.15) is 69.9 Å². The van der Waals surface area contributed by atoms with Crippen molar-refractivity contribution in [1.29, 1.82) is 0 Å². The summed E-state index contributed by atoms with van der Waals surface area (Å²) in [5, 5.41) is 0.983. The molecule has 1 atom stereocenters. The number of fused-ring (bicyclic) bond motifs is 5. The fourth-order valence-electron chi connectivity index (χ4n) is 5.51. The van der Waals surface area contributed by atoms with Crippen LogP contribution >= 0.6 is 0 Å². The zero-order valence-corrected chi connectivity index (χ0v) is 21.9. The lowest BCUT2D eigenvalue weighted by Gasteiger charge is -2.34. The smallest absolute Gasteiger partial charge is 0.268 e. The van der Waals surface area contributed by atoms with Crippen LogP contribution < -0.4 is 9.62 Å². The summed E-state index contributed by atoms with van der Waals surface area (Å²) in [6, 6.07) is 10.6. The zero-order valence-electron chi connectivity index (χ0n) is 21.1. The molecule has 1 amide bonds. The van der Waals surface area contributed by atoms with Gasteiger partial charge in [-0.05, 0) is 74.7 Å². The molecule has 35 heavy (non-hydrogen) atoms. The molecule has 1 aromatic carbocycles. The molecule has 2 aliphatic rings. The summed E-state index contributed by atoms with van der Waals surface area (Å²) in [4.78, 5) is 20.7. The number of nitrogens with one attached hydrogen (secondary N) is 1. The molecule has 0 spiro atoms. The monoisotopic (exact) mass is 494 g/mol. The van der Waals surface area contributed by atoms with E-state index in [-0.39, 0.29) is 21.4 Å². The highest BCUT2D eigenvalue weighted by atomic mass is 32.2. The van der Waals surface area contributed by atoms with Crippen molar-refractivity contribution in [3.8, 4) is 0 Å². The summed E-state index contributed by atoms with van der Waals surface area (Å²) in [6.07, 6.45) is 5.05. The Morgan fingerprint density at radius 2 is 1.89 bits per heavy atom. The van der Waals surface area contributed by atoms with Gasteiger partial charge < -0.3 is 9.47 Å². The molecule has 1 saturated heterocycles. The molecule has 2 aromatic heterocycles. The first-order chi connectivity index (χ1) is 16.3. The van der Waals surface area contributed by atoms with E-state index in [0.29, 0.717) is 11.7 Å². The summed E-state index contributed by atoms with van der Waals surface area (Å²) in [7, 11) is -4.07. The van der Waals surface area contributed by atoms with Gasteiger partial charge >= 0.3 is 0 Å². The normalized spacial score (nSPS) is 21.9. The molecule has 0 radical (unpaired) electrons. The number of sulfonamides is 1. The fraction of sp³-hybridized carbons (Fsp3) is 0.481. The molecule has 0 saturated carbocycles. The number of hydrogen-bond donors (Lipinski definition) is 1. The van der Waals surface area contributed by atoms with Crippen molar-refractivity contribution in [2.75, 3.05) is 11.4 Å². The van der Waals surface area contributed by atoms with E-state index in [0.717, 1.165) is 48.9 Å². The second kappa shape index (κ2) is 8.08. The summed E-state index contributed by atoms with van der Waals surface area (Å²) >= 11 is 0. The molecule has 4 bridgehead atoms. The summed E-state index contributed by atoms with van der Waals surface area (Å²) in [5.74, 6) is 0.374. The Morgan fingerprint density at radius 3 is 2.63 bits per heavy atom. The van der Waals surface area contributed by atoms with Gasteiger partial charge in [-0.2, -0.15) is 0 Å². The number of nitrogens with zero attached hydrogens (tertiary/aromatic N) is 3. The number of anilines is 1. The van der Waals surface area contributed by atoms with Crippen LogP contribution in [-0.4, -0.2) is 36.0 Å². The van der Waals surface area contributed by atoms with Crippen LogP contribution in [-0.2, 0) is 22.0 Å². The molecule has 8 heteroatoms. The second-order valence-corrected chi connectivity index (χ2v) is 13.3. The molecule has 5 rings (SSSR count). The highest BCUT2D eigenvalue weighted by molar-refractivity contribution is 7.90. The average Bonchev–Trinajstić information content (AvgIpc) is 3.31. The van der Waals surface area contributed by atoms with E-state index in [4.69, 9.17) is 4.98 Å². The predicted molar refractivity (Wildman–Crippen MR) is 138 cm³/mol. The fourth-order valence-corrected chi connectivity index (χ4v) is 6.50. The number of carbonyl (C=O) groups is 1. The number of amides is 1. The van der Waals surface area contributed by atoms with Crippen molar-refractivity contribution in [1.82, 2.24) is 14.3 Å². The molecule has 1 N–H and O–H groups in total. The van der Waals surface area contributed by atoms with E-state index >= 15 is 0 Å². The first kappa shape index (κ1) is 23.9. The van der Waals surface area contributed by atoms with Gasteiger partial charge in [-0.3, -0.25) is 4.79 Å². The lowest BCUT2D eigenvalue weighted by molar-refractivity contribution is 0.0981. The van der Waals surface area contributed by atoms with Crippen molar-refractivity contribution >= 4 is 32.7 Å². The summed E-state index contributed by atoms with van der Waals surface area (Å²) in [5.41, 5.74) is 1.61. The number of aryl methyl sites for hydroxylation is 1. The van der Waals surface area contributed by atoms with Crippen LogP contribution in [0, 0.1) is 5.92 Å². The van der Waals surface area contributed by atoms with Crippen molar-refractivity contribution in [2.45, 2.75) is 76.3 Å². The largest absolute Gasteiger partial charge is 0.351 e. The maximum absolute atomic E-state index is 13.5. The van der Waals surface area contributed by atoms with Gasteiger partial charge in [-0.25, -0.2) is 18.1 Å². The number of pyridine rings is 1. The van der Waals surface area contributed by atoms with Gasteiger partial charge in [0.05, 0.1) is 10.5 Å². The van der Waals surface area contributed by atoms with Gasteiger partial charge in [-0.15, -0.1) is 0 Å². The van der Waals surface area contributed by atoms with Gasteiger partial charge in [0, 0.05) is 41.5 Å². The predicted octanol–water partition coefficient (Wildman–Crippen LogP) is 4.85. The molecular weight excluding hydrogens is 460 g/mol. The maximum Gasteiger partial charge on any atom is 0.268 e. The quantitative estimate of drug-likeness (QED) is 0.483. The van der Waals surface area contributed by atoms with Crippen molar-refractivity contribution in [2.24, 2.45) is 5.92 Å². The number of rotatable bonds is 0. The highest BCUT2D eigenvalue weighted by Crippen LogP contribution is 2.40. The Balaban J connectivity index is 1.66. The minimum absolute atomic E-state index is 0.0798. The van der Waals surface area contributed by atoms with Crippen molar-refractivity contribution in [3.63, 3.8) is 0 Å². The van der Waals surface area contributed by atoms with Crippen LogP contribution in [0.4, 0.5) is 5.82 Å². The highest BCUT2D eigenvalue weighted by Gasteiger charge is 2.41. The van der Waals surface area contributed by atoms with Gasteiger partial charge in [-0.1, -0.05) is 26.8 Å². The lowest BCUT2D eigenvalue weighted by atomic mass is 9.91. The van der Waals surface area contributed by atoms with Crippen molar-refractivity contribution in [3.05, 3.63) is 53.9 Å². The average molecular weight is 495 g/mol. The minimum atomic E-state index is -4.07. The number of hydrogen-bond acceptors (Lipinski definition) is 5. The number of aromatic nitrogens is 2. The minimum Gasteiger partial charge on any atom is -0.351 e. The van der Waals surface area contributed by atoms with E-state index in [1.54, 1.807) is 24.3 Å². The Labute approximate surface area is 207 Å². The molecule has 1 fully saturated rings. The third-order valence-corrected chi connectivity index (χ3v) is 8.73. The topological polar surface area (TPSA) is 84.3 Å². The molecule has 2 aliphatic heterocycles. The van der Waals surface area contributed by atoms with Crippen LogP contribution in [0.5, 0.6) is 0 Å². The second-order valence-electron chi connectivity index (χ2n) is 11.6. The third-order valence-electron chi connectivity index (χ3n) is 7.40. The van der Waals surface area contributed by atoms with Gasteiger partial charge in [0.1, 0.15) is 5.82 Å². The molecule has 4 heterocycles. The standard InChI is InChI=1S/C27H34N4O3S/c1-26(2,3)23-11-10-21-24(28-23)31-17-18(16-27(31,4)5)7-6-13-30-14-12-19-8-9-20(15-22(19)30)35(33,34)29-25(21)32/h8-12,14-15,18H,6-7,13,16-17H2,1-5H3,(H,29,32)/t18-/m1/s1. The van der Waals surface area contributed by atoms with Gasteiger partial charge in [0.25, 0.3) is 15.9 Å². The van der Waals surface area contributed by atoms with Crippen LogP contribution in [0.15, 0.2) is 47.5 Å². The van der Waals surface area contributed by atoms with E-state index < -0.39 is 15.9 Å². The Bertz CT molecular complexity index is 1420. The molecular formula is C27H34N4O3S. The van der Waals surface area contributed by atoms with Crippen LogP contribution in [0.2, 0.25) is 0 Å². The Morgan fingerprint density at radius 1 is 1.11 bits per heavy atom. The molecule has 186 valence electrons. The third kappa shape index (κ3) is 4.33. The Hall–Kier alpha value is -2.87. The molecule has 7 nitrogen and oxygen atoms in total. The first-order valence-corrected chi connectivity index (χ1v) is 13.8. The van der Waals surface area contributed by atoms with Gasteiger partial charge in [0.2, 0.25) is 0 Å². The van der Waals surface area contributed by atoms with Crippen LogP contribution in [0.3, 0.4) is 0 Å². The lowest BCUT2D eigenvalue weighted by Crippen LogP contribution is -2.41. The molecule has 0 unspecified atom stereocenters. The molecule has 0 aliphatic carbocycles. The van der Waals surface area contributed by atoms with Crippen molar-refractivity contribution < 1.29 is 13.2 Å². The van der Waals surface area contributed by atoms with Crippen LogP contribution in [0.25, 0.3) is 10.9 Å². The van der Waals surface area contributed by atoms with E-state index in [1.165, 1.54) is 0 Å². The number of benzene rings is 1. The SMILES string of the molecule is CC(C)(C)c1ccc2c(n1)N1C[C@H](CCCn3ccc4ccc(cc43)S(=O)(=O)NC2=O)CC1(C)C. The van der Waals surface area contributed by atoms with E-state index in [1.807, 2.05) is 18.3 Å². The van der Waals surface area contributed by atoms with E-state index in [2.05, 4.69) is 48.8 Å². The number of carbonyl (C=O) groups excluding carboxylic acids is 1. The summed E-state index contributed by atoms with van der Waals surface area (Å²) < 4.78 is 31.0. The maximum atomic E-state index is 13.5. The zero-order chi connectivity index (χ0) is 25.2. The summed E-state index contributed by atoms with van der Waals surface area (Å²) in [6.45, 7) is 12.2.